The van der Waals surface area contributed by atoms with Gasteiger partial charge in [-0.3, -0.25) is 15.4 Å². The molecule has 2 aromatic rings. The average Bonchev–Trinajstić information content (AvgIpc) is 2.84. The van der Waals surface area contributed by atoms with E-state index in [1.54, 1.807) is 12.1 Å². The number of nitrogens with one attached hydrogen (secondary N) is 2. The molecule has 0 atom stereocenters. The van der Waals surface area contributed by atoms with Gasteiger partial charge < -0.3 is 9.73 Å². The Hall–Kier alpha value is -2.54. The van der Waals surface area contributed by atoms with Crippen LogP contribution < -0.4 is 10.6 Å². The van der Waals surface area contributed by atoms with Gasteiger partial charge in [0.05, 0.1) is 21.9 Å². The third-order valence-electron chi connectivity index (χ3n) is 2.17. The van der Waals surface area contributed by atoms with E-state index in [0.29, 0.717) is 0 Å². The standard InChI is InChI=1S/C11H8ClN3O4/c12-8-4-3-7(15(17)18)6-9(8)13-11(16)14-10-2-1-5-19-10/h1-6H,(H2,13,14,16). The molecule has 1 aromatic heterocycles. The normalized spacial score (nSPS) is 9.95. The van der Waals surface area contributed by atoms with Crippen LogP contribution in [0.25, 0.3) is 0 Å². The maximum Gasteiger partial charge on any atom is 0.326 e. The number of anilines is 2. The van der Waals surface area contributed by atoms with E-state index in [9.17, 15) is 14.9 Å². The Bertz CT molecular complexity index is 612. The number of carbonyl (C=O) groups is 1. The SMILES string of the molecule is O=C(Nc1ccco1)Nc1cc([N+](=O)[O-])ccc1Cl. The quantitative estimate of drug-likeness (QED) is 0.664. The molecule has 0 spiro atoms. The van der Waals surface area contributed by atoms with Crippen LogP contribution in [0.5, 0.6) is 0 Å². The summed E-state index contributed by atoms with van der Waals surface area (Å²) in [5.74, 6) is 0.249. The van der Waals surface area contributed by atoms with Gasteiger partial charge in [0.1, 0.15) is 0 Å². The van der Waals surface area contributed by atoms with Crippen molar-refractivity contribution in [2.75, 3.05) is 10.6 Å². The highest BCUT2D eigenvalue weighted by molar-refractivity contribution is 6.33. The zero-order valence-electron chi connectivity index (χ0n) is 9.42. The third-order valence-corrected chi connectivity index (χ3v) is 2.50. The summed E-state index contributed by atoms with van der Waals surface area (Å²) in [5, 5.41) is 15.6. The Labute approximate surface area is 112 Å². The maximum atomic E-state index is 11.6. The average molecular weight is 282 g/mol. The van der Waals surface area contributed by atoms with Crippen LogP contribution in [-0.2, 0) is 0 Å². The van der Waals surface area contributed by atoms with Crippen LogP contribution in [0.3, 0.4) is 0 Å². The first-order valence-corrected chi connectivity index (χ1v) is 5.49. The summed E-state index contributed by atoms with van der Waals surface area (Å²) >= 11 is 5.84. The number of urea groups is 1. The summed E-state index contributed by atoms with van der Waals surface area (Å²) in [6.45, 7) is 0. The largest absolute Gasteiger partial charge is 0.449 e. The number of benzene rings is 1. The Morgan fingerprint density at radius 2 is 2.11 bits per heavy atom. The molecular formula is C11H8ClN3O4. The second-order valence-electron chi connectivity index (χ2n) is 3.48. The molecule has 1 aromatic carbocycles. The van der Waals surface area contributed by atoms with Crippen LogP contribution in [0.15, 0.2) is 41.0 Å². The molecule has 19 heavy (non-hydrogen) atoms. The van der Waals surface area contributed by atoms with Crippen LogP contribution in [0.2, 0.25) is 5.02 Å². The number of amides is 2. The fourth-order valence-corrected chi connectivity index (χ4v) is 1.50. The molecule has 0 aliphatic rings. The Morgan fingerprint density at radius 3 is 2.74 bits per heavy atom. The van der Waals surface area contributed by atoms with E-state index in [1.807, 2.05) is 0 Å². The highest BCUT2D eigenvalue weighted by Crippen LogP contribution is 2.26. The zero-order chi connectivity index (χ0) is 13.8. The molecule has 0 fully saturated rings. The van der Waals surface area contributed by atoms with Crippen LogP contribution in [0, 0.1) is 10.1 Å². The number of nitro groups is 1. The van der Waals surface area contributed by atoms with Crippen LogP contribution in [0.1, 0.15) is 0 Å². The van der Waals surface area contributed by atoms with Crippen molar-refractivity contribution in [1.82, 2.24) is 0 Å². The molecule has 98 valence electrons. The van der Waals surface area contributed by atoms with Gasteiger partial charge >= 0.3 is 6.03 Å². The number of hydrogen-bond donors (Lipinski definition) is 2. The van der Waals surface area contributed by atoms with Gasteiger partial charge in [-0.25, -0.2) is 4.79 Å². The van der Waals surface area contributed by atoms with E-state index in [1.165, 1.54) is 24.5 Å². The molecule has 7 nitrogen and oxygen atoms in total. The molecule has 0 radical (unpaired) electrons. The third kappa shape index (κ3) is 3.23. The predicted molar refractivity (Wildman–Crippen MR) is 69.5 cm³/mol. The summed E-state index contributed by atoms with van der Waals surface area (Å²) in [4.78, 5) is 21.7. The predicted octanol–water partition coefficient (Wildman–Crippen LogP) is 3.49. The first kappa shape index (κ1) is 12.9. The fourth-order valence-electron chi connectivity index (χ4n) is 1.34. The summed E-state index contributed by atoms with van der Waals surface area (Å²) < 4.78 is 4.92. The van der Waals surface area contributed by atoms with Gasteiger partial charge in [0, 0.05) is 18.2 Å². The lowest BCUT2D eigenvalue weighted by molar-refractivity contribution is -0.384. The van der Waals surface area contributed by atoms with Crippen molar-refractivity contribution in [2.24, 2.45) is 0 Å². The molecule has 0 saturated heterocycles. The summed E-state index contributed by atoms with van der Waals surface area (Å²) in [7, 11) is 0. The topological polar surface area (TPSA) is 97.4 Å². The number of nitrogens with zero attached hydrogens (tertiary/aromatic N) is 1. The summed E-state index contributed by atoms with van der Waals surface area (Å²) in [6.07, 6.45) is 1.40. The van der Waals surface area contributed by atoms with E-state index in [2.05, 4.69) is 10.6 Å². The van der Waals surface area contributed by atoms with Gasteiger partial charge in [-0.2, -0.15) is 0 Å². The van der Waals surface area contributed by atoms with Crippen molar-refractivity contribution in [3.63, 3.8) is 0 Å². The molecule has 0 aliphatic carbocycles. The minimum atomic E-state index is -0.614. The number of furan rings is 1. The van der Waals surface area contributed by atoms with Crippen molar-refractivity contribution in [2.45, 2.75) is 0 Å². The van der Waals surface area contributed by atoms with Gasteiger partial charge in [-0.1, -0.05) is 11.6 Å². The number of halogens is 1. The van der Waals surface area contributed by atoms with Gasteiger partial charge in [0.25, 0.3) is 5.69 Å². The lowest BCUT2D eigenvalue weighted by Crippen LogP contribution is -2.19. The van der Waals surface area contributed by atoms with E-state index in [4.69, 9.17) is 16.0 Å². The first-order valence-electron chi connectivity index (χ1n) is 5.12. The molecule has 2 amide bonds. The van der Waals surface area contributed by atoms with Crippen molar-refractivity contribution >= 4 is 34.9 Å². The van der Waals surface area contributed by atoms with Crippen LogP contribution in [-0.4, -0.2) is 11.0 Å². The van der Waals surface area contributed by atoms with E-state index in [0.717, 1.165) is 0 Å². The Morgan fingerprint density at radius 1 is 1.32 bits per heavy atom. The van der Waals surface area contributed by atoms with Gasteiger partial charge in [-0.15, -0.1) is 0 Å². The number of carbonyl (C=O) groups excluding carboxylic acids is 1. The zero-order valence-corrected chi connectivity index (χ0v) is 10.2. The van der Waals surface area contributed by atoms with Crippen molar-refractivity contribution < 1.29 is 14.1 Å². The summed E-state index contributed by atoms with van der Waals surface area (Å²) in [5.41, 5.74) is -0.0300. The monoisotopic (exact) mass is 281 g/mol. The number of nitro benzene ring substituents is 1. The Kier molecular flexibility index (Phi) is 3.67. The van der Waals surface area contributed by atoms with Crippen LogP contribution >= 0.6 is 11.6 Å². The first-order chi connectivity index (χ1) is 9.06. The Balaban J connectivity index is 2.11. The maximum absolute atomic E-state index is 11.6. The minimum absolute atomic E-state index is 0.139. The lowest BCUT2D eigenvalue weighted by Gasteiger charge is -2.07. The van der Waals surface area contributed by atoms with E-state index >= 15 is 0 Å². The molecular weight excluding hydrogens is 274 g/mol. The molecule has 2 rings (SSSR count). The van der Waals surface area contributed by atoms with E-state index < -0.39 is 11.0 Å². The highest BCUT2D eigenvalue weighted by Gasteiger charge is 2.12. The molecule has 8 heteroatoms. The molecule has 0 bridgehead atoms. The van der Waals surface area contributed by atoms with Crippen LogP contribution in [0.4, 0.5) is 22.1 Å². The van der Waals surface area contributed by atoms with Gasteiger partial charge in [0.15, 0.2) is 0 Å². The molecule has 0 unspecified atom stereocenters. The molecule has 0 aliphatic heterocycles. The molecule has 2 N–H and O–H groups in total. The number of non-ortho nitro benzene ring substituents is 1. The van der Waals surface area contributed by atoms with Crippen molar-refractivity contribution in [3.8, 4) is 0 Å². The lowest BCUT2D eigenvalue weighted by atomic mass is 10.3. The van der Waals surface area contributed by atoms with E-state index in [-0.39, 0.29) is 22.3 Å². The molecule has 1 heterocycles. The second-order valence-corrected chi connectivity index (χ2v) is 3.88. The summed E-state index contributed by atoms with van der Waals surface area (Å²) in [6, 6.07) is 6.30. The minimum Gasteiger partial charge on any atom is -0.449 e. The number of rotatable bonds is 3. The second kappa shape index (κ2) is 5.40. The highest BCUT2D eigenvalue weighted by atomic mass is 35.5. The number of hydrogen-bond acceptors (Lipinski definition) is 4. The fraction of sp³-hybridized carbons (Fsp3) is 0. The van der Waals surface area contributed by atoms with Gasteiger partial charge in [-0.05, 0) is 12.1 Å². The van der Waals surface area contributed by atoms with Crippen molar-refractivity contribution in [3.05, 3.63) is 51.7 Å². The smallest absolute Gasteiger partial charge is 0.326 e. The van der Waals surface area contributed by atoms with Gasteiger partial charge in [0.2, 0.25) is 5.88 Å². The van der Waals surface area contributed by atoms with Crippen molar-refractivity contribution in [1.29, 1.82) is 0 Å². The molecule has 0 saturated carbocycles.